The predicted molar refractivity (Wildman–Crippen MR) is 122 cm³/mol. The van der Waals surface area contributed by atoms with Gasteiger partial charge in [-0.2, -0.15) is 0 Å². The van der Waals surface area contributed by atoms with Gasteiger partial charge in [0.25, 0.3) is 0 Å². The maximum absolute atomic E-state index is 14.1. The molecule has 1 amide bonds. The Hall–Kier alpha value is -2.17. The number of amides is 1. The highest BCUT2D eigenvalue weighted by Crippen LogP contribution is 2.49. The smallest absolute Gasteiger partial charge is 0.228 e. The highest BCUT2D eigenvalue weighted by molar-refractivity contribution is 5.81. The molecule has 1 aliphatic carbocycles. The molecule has 2 aromatic rings. The van der Waals surface area contributed by atoms with Crippen LogP contribution in [0.4, 0.5) is 0 Å². The minimum Gasteiger partial charge on any atom is -0.393 e. The summed E-state index contributed by atoms with van der Waals surface area (Å²) in [6, 6.07) is 18.5. The van der Waals surface area contributed by atoms with Crippen molar-refractivity contribution in [1.82, 2.24) is 4.90 Å². The van der Waals surface area contributed by atoms with Crippen molar-refractivity contribution < 1.29 is 14.6 Å². The van der Waals surface area contributed by atoms with Crippen LogP contribution in [0.5, 0.6) is 0 Å². The molecule has 0 saturated carbocycles. The largest absolute Gasteiger partial charge is 0.393 e. The molecule has 2 aromatic carbocycles. The molecule has 0 radical (unpaired) electrons. The van der Waals surface area contributed by atoms with Crippen molar-refractivity contribution in [3.63, 3.8) is 0 Å². The van der Waals surface area contributed by atoms with Crippen LogP contribution >= 0.6 is 0 Å². The number of benzene rings is 2. The van der Waals surface area contributed by atoms with Crippen LogP contribution in [0.1, 0.15) is 69.2 Å². The van der Waals surface area contributed by atoms with Crippen LogP contribution in [0.25, 0.3) is 0 Å². The molecule has 1 saturated heterocycles. The highest BCUT2D eigenvalue weighted by Gasteiger charge is 2.54. The molecule has 4 rings (SSSR count). The molecule has 2 aliphatic rings. The van der Waals surface area contributed by atoms with Gasteiger partial charge in [-0.15, -0.1) is 0 Å². The SMILES string of the molecule is CCCC[C@H](O)C[C@H](Cc1ccccc1)C(=O)N1[C@H]2c3ccccc3C[C@H]2OC1(C)C. The van der Waals surface area contributed by atoms with Crippen molar-refractivity contribution in [2.24, 2.45) is 5.92 Å². The van der Waals surface area contributed by atoms with Crippen molar-refractivity contribution in [1.29, 1.82) is 0 Å². The van der Waals surface area contributed by atoms with E-state index in [1.165, 1.54) is 11.1 Å². The normalized spacial score (nSPS) is 23.3. The third-order valence-corrected chi connectivity index (χ3v) is 6.80. The quantitative estimate of drug-likeness (QED) is 0.649. The first-order valence-electron chi connectivity index (χ1n) is 11.7. The summed E-state index contributed by atoms with van der Waals surface area (Å²) in [5.41, 5.74) is 2.94. The molecule has 1 N–H and O–H groups in total. The van der Waals surface area contributed by atoms with E-state index in [4.69, 9.17) is 4.74 Å². The van der Waals surface area contributed by atoms with Gasteiger partial charge in [-0.25, -0.2) is 0 Å². The molecule has 1 fully saturated rings. The van der Waals surface area contributed by atoms with Crippen molar-refractivity contribution in [3.05, 3.63) is 71.3 Å². The Labute approximate surface area is 186 Å². The van der Waals surface area contributed by atoms with Gasteiger partial charge in [0.1, 0.15) is 5.72 Å². The van der Waals surface area contributed by atoms with E-state index in [2.05, 4.69) is 37.3 Å². The minimum absolute atomic E-state index is 0.00117. The van der Waals surface area contributed by atoms with E-state index in [-0.39, 0.29) is 24.0 Å². The molecule has 0 unspecified atom stereocenters. The lowest BCUT2D eigenvalue weighted by atomic mass is 9.89. The van der Waals surface area contributed by atoms with E-state index >= 15 is 0 Å². The van der Waals surface area contributed by atoms with Crippen LogP contribution in [0.3, 0.4) is 0 Å². The second-order valence-corrected chi connectivity index (χ2v) is 9.58. The molecule has 1 aliphatic heterocycles. The van der Waals surface area contributed by atoms with E-state index in [1.54, 1.807) is 0 Å². The lowest BCUT2D eigenvalue weighted by Crippen LogP contribution is -2.48. The molecule has 166 valence electrons. The Balaban J connectivity index is 1.62. The lowest BCUT2D eigenvalue weighted by Gasteiger charge is -2.37. The monoisotopic (exact) mass is 421 g/mol. The van der Waals surface area contributed by atoms with Gasteiger partial charge in [-0.3, -0.25) is 4.79 Å². The number of rotatable bonds is 8. The van der Waals surface area contributed by atoms with Gasteiger partial charge in [0.15, 0.2) is 0 Å². The molecule has 4 atom stereocenters. The summed E-state index contributed by atoms with van der Waals surface area (Å²) >= 11 is 0. The van der Waals surface area contributed by atoms with Crippen LogP contribution in [-0.4, -0.2) is 33.8 Å². The number of carbonyl (C=O) groups excluding carboxylic acids is 1. The van der Waals surface area contributed by atoms with Crippen molar-refractivity contribution in [3.8, 4) is 0 Å². The standard InChI is InChI=1S/C27H35NO3/c1-4-5-14-22(29)17-21(16-19-11-7-6-8-12-19)26(30)28-25-23-15-10-9-13-20(23)18-24(25)31-27(28,2)3/h6-13,15,21-22,24-25,29H,4-5,14,16-18H2,1-3H3/t21-,22-,24+,25-/m0/s1. The van der Waals surface area contributed by atoms with Gasteiger partial charge in [0.05, 0.1) is 18.2 Å². The van der Waals surface area contributed by atoms with E-state index in [0.717, 1.165) is 31.2 Å². The number of nitrogens with zero attached hydrogens (tertiary/aromatic N) is 1. The molecule has 1 heterocycles. The third-order valence-electron chi connectivity index (χ3n) is 6.80. The van der Waals surface area contributed by atoms with Crippen LogP contribution in [0.2, 0.25) is 0 Å². The number of aliphatic hydroxyl groups is 1. The van der Waals surface area contributed by atoms with Gasteiger partial charge < -0.3 is 14.7 Å². The number of ether oxygens (including phenoxy) is 1. The zero-order chi connectivity index (χ0) is 22.0. The molecule has 4 heteroatoms. The van der Waals surface area contributed by atoms with Gasteiger partial charge in [-0.1, -0.05) is 74.4 Å². The number of hydrogen-bond donors (Lipinski definition) is 1. The Bertz CT molecular complexity index is 894. The number of fused-ring (bicyclic) bond motifs is 3. The van der Waals surface area contributed by atoms with E-state index < -0.39 is 11.8 Å². The zero-order valence-corrected chi connectivity index (χ0v) is 19.0. The molecule has 0 spiro atoms. The second-order valence-electron chi connectivity index (χ2n) is 9.58. The predicted octanol–water partition coefficient (Wildman–Crippen LogP) is 5.05. The Morgan fingerprint density at radius 1 is 1.16 bits per heavy atom. The van der Waals surface area contributed by atoms with Crippen molar-refractivity contribution >= 4 is 5.91 Å². The maximum Gasteiger partial charge on any atom is 0.228 e. The number of carbonyl (C=O) groups is 1. The number of unbranched alkanes of at least 4 members (excludes halogenated alkanes) is 1. The summed E-state index contributed by atoms with van der Waals surface area (Å²) in [5, 5.41) is 10.7. The maximum atomic E-state index is 14.1. The van der Waals surface area contributed by atoms with E-state index in [1.807, 2.05) is 43.0 Å². The summed E-state index contributed by atoms with van der Waals surface area (Å²) in [5.74, 6) is -0.183. The minimum atomic E-state index is -0.663. The Kier molecular flexibility index (Phi) is 6.49. The summed E-state index contributed by atoms with van der Waals surface area (Å²) < 4.78 is 6.40. The molecular formula is C27H35NO3. The summed E-state index contributed by atoms with van der Waals surface area (Å²) in [7, 11) is 0. The molecule has 31 heavy (non-hydrogen) atoms. The van der Waals surface area contributed by atoms with Crippen LogP contribution in [0, 0.1) is 5.92 Å². The van der Waals surface area contributed by atoms with Crippen molar-refractivity contribution in [2.75, 3.05) is 0 Å². The van der Waals surface area contributed by atoms with Gasteiger partial charge in [0, 0.05) is 12.3 Å². The van der Waals surface area contributed by atoms with Crippen LogP contribution in [0.15, 0.2) is 54.6 Å². The number of aliphatic hydroxyl groups excluding tert-OH is 1. The molecular weight excluding hydrogens is 386 g/mol. The average Bonchev–Trinajstić information content (AvgIpc) is 3.22. The van der Waals surface area contributed by atoms with Crippen LogP contribution in [-0.2, 0) is 22.4 Å². The summed E-state index contributed by atoms with van der Waals surface area (Å²) in [4.78, 5) is 16.0. The van der Waals surface area contributed by atoms with E-state index in [9.17, 15) is 9.90 Å². The Morgan fingerprint density at radius 2 is 1.87 bits per heavy atom. The second kappa shape index (κ2) is 9.13. The first-order valence-corrected chi connectivity index (χ1v) is 11.7. The van der Waals surface area contributed by atoms with Gasteiger partial charge in [-0.05, 0) is 49.8 Å². The fourth-order valence-electron chi connectivity index (χ4n) is 5.37. The summed E-state index contributed by atoms with van der Waals surface area (Å²) in [6.45, 7) is 6.12. The zero-order valence-electron chi connectivity index (χ0n) is 19.0. The van der Waals surface area contributed by atoms with E-state index in [0.29, 0.717) is 12.8 Å². The molecule has 0 bridgehead atoms. The first kappa shape index (κ1) is 22.0. The summed E-state index contributed by atoms with van der Waals surface area (Å²) in [6.07, 6.45) is 4.26. The lowest BCUT2D eigenvalue weighted by molar-refractivity contribution is -0.153. The third kappa shape index (κ3) is 4.56. The topological polar surface area (TPSA) is 49.8 Å². The molecule has 4 nitrogen and oxygen atoms in total. The Morgan fingerprint density at radius 3 is 2.61 bits per heavy atom. The number of hydrogen-bond acceptors (Lipinski definition) is 3. The average molecular weight is 422 g/mol. The first-order chi connectivity index (χ1) is 14.9. The highest BCUT2D eigenvalue weighted by atomic mass is 16.5. The molecule has 0 aromatic heterocycles. The fraction of sp³-hybridized carbons (Fsp3) is 0.519. The van der Waals surface area contributed by atoms with Gasteiger partial charge >= 0.3 is 0 Å². The van der Waals surface area contributed by atoms with Gasteiger partial charge in [0.2, 0.25) is 5.91 Å². The van der Waals surface area contributed by atoms with Crippen molar-refractivity contribution in [2.45, 2.75) is 83.3 Å². The van der Waals surface area contributed by atoms with Crippen LogP contribution < -0.4 is 0 Å². The fourth-order valence-corrected chi connectivity index (χ4v) is 5.37.